The molecule has 0 bridgehead atoms. The van der Waals surface area contributed by atoms with Crippen molar-refractivity contribution in [3.05, 3.63) is 23.8 Å². The molecular formula is C15H22N2O3S2. The lowest BCUT2D eigenvalue weighted by molar-refractivity contribution is 0.215. The number of rotatable bonds is 2. The first-order valence-corrected chi connectivity index (χ1v) is 10.2. The van der Waals surface area contributed by atoms with E-state index in [1.807, 2.05) is 11.8 Å². The van der Waals surface area contributed by atoms with Crippen molar-refractivity contribution in [2.24, 2.45) is 0 Å². The Morgan fingerprint density at radius 3 is 2.77 bits per heavy atom. The fourth-order valence-corrected chi connectivity index (χ4v) is 4.37. The topological polar surface area (TPSA) is 66.5 Å². The van der Waals surface area contributed by atoms with E-state index in [4.69, 9.17) is 0 Å². The number of aryl methyl sites for hydroxylation is 1. The molecule has 1 heterocycles. The molecule has 1 aliphatic rings. The number of nitrogens with one attached hydrogen (secondary N) is 1. The average Bonchev–Trinajstić information content (AvgIpc) is 2.64. The number of benzene rings is 1. The number of anilines is 1. The monoisotopic (exact) mass is 342 g/mol. The average molecular weight is 342 g/mol. The van der Waals surface area contributed by atoms with Crippen molar-refractivity contribution < 1.29 is 13.2 Å². The molecule has 0 aliphatic carbocycles. The van der Waals surface area contributed by atoms with Crippen molar-refractivity contribution >= 4 is 33.3 Å². The maximum absolute atomic E-state index is 12.3. The molecular weight excluding hydrogens is 320 g/mol. The van der Waals surface area contributed by atoms with Gasteiger partial charge < -0.3 is 10.2 Å². The lowest BCUT2D eigenvalue weighted by atomic mass is 10.2. The molecule has 1 atom stereocenters. The first-order chi connectivity index (χ1) is 10.3. The number of nitrogens with zero attached hydrogens (tertiary/aromatic N) is 1. The second-order valence-electron chi connectivity index (χ2n) is 5.64. The molecule has 0 radical (unpaired) electrons. The first kappa shape index (κ1) is 17.1. The number of amides is 2. The summed E-state index contributed by atoms with van der Waals surface area (Å²) in [7, 11) is -3.30. The van der Waals surface area contributed by atoms with Crippen molar-refractivity contribution in [3.63, 3.8) is 0 Å². The van der Waals surface area contributed by atoms with Gasteiger partial charge in [-0.15, -0.1) is 0 Å². The number of thioether (sulfide) groups is 1. The van der Waals surface area contributed by atoms with Gasteiger partial charge in [-0.05, 0) is 31.0 Å². The standard InChI is InChI=1S/C15H22N2O3S2/c1-11-4-5-13(10-14(11)22(3,19)20)16-15(18)17-7-6-12(2)21-9-8-17/h4-5,10,12H,6-9H2,1-3H3,(H,16,18). The Morgan fingerprint density at radius 1 is 1.36 bits per heavy atom. The van der Waals surface area contributed by atoms with Crippen LogP contribution in [-0.4, -0.2) is 49.7 Å². The van der Waals surface area contributed by atoms with Gasteiger partial charge in [0.1, 0.15) is 0 Å². The maximum atomic E-state index is 12.3. The number of carbonyl (C=O) groups is 1. The van der Waals surface area contributed by atoms with E-state index in [1.54, 1.807) is 24.0 Å². The molecule has 1 N–H and O–H groups in total. The fourth-order valence-electron chi connectivity index (χ4n) is 2.38. The third-order valence-electron chi connectivity index (χ3n) is 3.70. The molecule has 7 heteroatoms. The highest BCUT2D eigenvalue weighted by molar-refractivity contribution is 7.99. The van der Waals surface area contributed by atoms with Crippen molar-refractivity contribution in [3.8, 4) is 0 Å². The zero-order valence-corrected chi connectivity index (χ0v) is 14.8. The lowest BCUT2D eigenvalue weighted by Crippen LogP contribution is -2.36. The largest absolute Gasteiger partial charge is 0.324 e. The number of hydrogen-bond acceptors (Lipinski definition) is 4. The van der Waals surface area contributed by atoms with Crippen LogP contribution in [0.3, 0.4) is 0 Å². The molecule has 1 aromatic carbocycles. The summed E-state index contributed by atoms with van der Waals surface area (Å²) < 4.78 is 23.5. The Kier molecular flexibility index (Phi) is 5.39. The predicted octanol–water partition coefficient (Wildman–Crippen LogP) is 2.76. The Hall–Kier alpha value is -1.21. The molecule has 5 nitrogen and oxygen atoms in total. The highest BCUT2D eigenvalue weighted by Crippen LogP contribution is 2.22. The van der Waals surface area contributed by atoms with Crippen molar-refractivity contribution in [2.75, 3.05) is 30.4 Å². The van der Waals surface area contributed by atoms with Gasteiger partial charge >= 0.3 is 6.03 Å². The molecule has 0 aromatic heterocycles. The predicted molar refractivity (Wildman–Crippen MR) is 91.4 cm³/mol. The van der Waals surface area contributed by atoms with Crippen LogP contribution in [-0.2, 0) is 9.84 Å². The molecule has 2 rings (SSSR count). The summed E-state index contributed by atoms with van der Waals surface area (Å²) in [5.41, 5.74) is 1.20. The molecule has 1 aliphatic heterocycles. The van der Waals surface area contributed by atoms with Crippen molar-refractivity contribution in [2.45, 2.75) is 30.4 Å². The lowest BCUT2D eigenvalue weighted by Gasteiger charge is -2.21. The van der Waals surface area contributed by atoms with E-state index in [-0.39, 0.29) is 10.9 Å². The van der Waals surface area contributed by atoms with Crippen LogP contribution in [0.1, 0.15) is 18.9 Å². The molecule has 1 unspecified atom stereocenters. The summed E-state index contributed by atoms with van der Waals surface area (Å²) in [6.45, 7) is 5.36. The Balaban J connectivity index is 2.12. The minimum absolute atomic E-state index is 0.169. The number of hydrogen-bond donors (Lipinski definition) is 1. The number of sulfone groups is 1. The van der Waals surface area contributed by atoms with Gasteiger partial charge in [0.2, 0.25) is 0 Å². The fraction of sp³-hybridized carbons (Fsp3) is 0.533. The van der Waals surface area contributed by atoms with Crippen LogP contribution in [0.15, 0.2) is 23.1 Å². The second kappa shape index (κ2) is 6.91. The summed E-state index contributed by atoms with van der Waals surface area (Å²) in [5, 5.41) is 3.37. The van der Waals surface area contributed by atoms with Gasteiger partial charge in [-0.2, -0.15) is 11.8 Å². The first-order valence-electron chi connectivity index (χ1n) is 7.25. The highest BCUT2D eigenvalue weighted by Gasteiger charge is 2.19. The van der Waals surface area contributed by atoms with Crippen LogP contribution in [0.4, 0.5) is 10.5 Å². The molecule has 0 saturated carbocycles. The zero-order chi connectivity index (χ0) is 16.3. The van der Waals surface area contributed by atoms with E-state index < -0.39 is 9.84 Å². The summed E-state index contributed by atoms with van der Waals surface area (Å²) in [4.78, 5) is 14.4. The third-order valence-corrected chi connectivity index (χ3v) is 6.16. The minimum atomic E-state index is -3.30. The Bertz CT molecular complexity index is 659. The molecule has 0 spiro atoms. The van der Waals surface area contributed by atoms with Crippen LogP contribution in [0, 0.1) is 6.92 Å². The SMILES string of the molecule is Cc1ccc(NC(=O)N2CCSC(C)CC2)cc1S(C)(=O)=O. The summed E-state index contributed by atoms with van der Waals surface area (Å²) in [6.07, 6.45) is 2.15. The quantitative estimate of drug-likeness (QED) is 0.897. The van der Waals surface area contributed by atoms with Crippen LogP contribution in [0.2, 0.25) is 0 Å². The third kappa shape index (κ3) is 4.39. The highest BCUT2D eigenvalue weighted by atomic mass is 32.2. The normalized spacial score (nSPS) is 19.6. The van der Waals surface area contributed by atoms with E-state index in [0.717, 1.165) is 18.7 Å². The van der Waals surface area contributed by atoms with Gasteiger partial charge in [0.15, 0.2) is 9.84 Å². The van der Waals surface area contributed by atoms with E-state index in [1.165, 1.54) is 12.3 Å². The molecule has 1 fully saturated rings. The van der Waals surface area contributed by atoms with Crippen LogP contribution in [0.25, 0.3) is 0 Å². The van der Waals surface area contributed by atoms with Crippen LogP contribution in [0.5, 0.6) is 0 Å². The van der Waals surface area contributed by atoms with Crippen molar-refractivity contribution in [1.82, 2.24) is 4.90 Å². The van der Waals surface area contributed by atoms with Gasteiger partial charge in [-0.25, -0.2) is 13.2 Å². The Morgan fingerprint density at radius 2 is 2.09 bits per heavy atom. The molecule has 122 valence electrons. The van der Waals surface area contributed by atoms with Gasteiger partial charge in [-0.3, -0.25) is 0 Å². The van der Waals surface area contributed by atoms with Crippen LogP contribution < -0.4 is 5.32 Å². The van der Waals surface area contributed by atoms with E-state index in [0.29, 0.717) is 23.0 Å². The van der Waals surface area contributed by atoms with Crippen molar-refractivity contribution in [1.29, 1.82) is 0 Å². The molecule has 2 amide bonds. The van der Waals surface area contributed by atoms with E-state index in [9.17, 15) is 13.2 Å². The smallest absolute Gasteiger partial charge is 0.321 e. The zero-order valence-electron chi connectivity index (χ0n) is 13.1. The van der Waals surface area contributed by atoms with E-state index >= 15 is 0 Å². The minimum Gasteiger partial charge on any atom is -0.324 e. The van der Waals surface area contributed by atoms with Crippen LogP contribution >= 0.6 is 11.8 Å². The van der Waals surface area contributed by atoms with Gasteiger partial charge in [-0.1, -0.05) is 13.0 Å². The van der Waals surface area contributed by atoms with Gasteiger partial charge in [0, 0.05) is 36.0 Å². The van der Waals surface area contributed by atoms with Gasteiger partial charge in [0.05, 0.1) is 4.90 Å². The van der Waals surface area contributed by atoms with E-state index in [2.05, 4.69) is 12.2 Å². The number of urea groups is 1. The molecule has 1 saturated heterocycles. The summed E-state index contributed by atoms with van der Waals surface area (Å²) in [5.74, 6) is 0.928. The molecule has 22 heavy (non-hydrogen) atoms. The van der Waals surface area contributed by atoms with Gasteiger partial charge in [0.25, 0.3) is 0 Å². The summed E-state index contributed by atoms with van der Waals surface area (Å²) >= 11 is 1.87. The molecule has 1 aromatic rings. The Labute approximate surface area is 136 Å². The summed E-state index contributed by atoms with van der Waals surface area (Å²) in [6, 6.07) is 4.80. The second-order valence-corrected chi connectivity index (χ2v) is 9.17. The maximum Gasteiger partial charge on any atom is 0.321 e. The number of carbonyl (C=O) groups excluding carboxylic acids is 1.